The quantitative estimate of drug-likeness (QED) is 0.696. The summed E-state index contributed by atoms with van der Waals surface area (Å²) >= 11 is 6.75. The summed E-state index contributed by atoms with van der Waals surface area (Å²) in [6, 6.07) is 3.49. The molecule has 1 aromatic carbocycles. The van der Waals surface area contributed by atoms with E-state index in [2.05, 4.69) is 37.9 Å². The first-order valence-corrected chi connectivity index (χ1v) is 8.96. The van der Waals surface area contributed by atoms with Crippen molar-refractivity contribution in [2.75, 3.05) is 13.1 Å². The lowest BCUT2D eigenvalue weighted by Gasteiger charge is -2.26. The zero-order chi connectivity index (χ0) is 14.2. The minimum atomic E-state index is -3.45. The Bertz CT molecular complexity index is 638. The van der Waals surface area contributed by atoms with Gasteiger partial charge in [0, 0.05) is 22.0 Å². The number of aryl methyl sites for hydroxylation is 1. The fourth-order valence-corrected chi connectivity index (χ4v) is 5.18. The molecule has 0 radical (unpaired) electrons. The van der Waals surface area contributed by atoms with E-state index in [9.17, 15) is 8.42 Å². The molecule has 104 valence electrons. The Morgan fingerprint density at radius 3 is 2.47 bits per heavy atom. The first-order valence-electron chi connectivity index (χ1n) is 5.94. The van der Waals surface area contributed by atoms with Crippen molar-refractivity contribution < 1.29 is 8.42 Å². The van der Waals surface area contributed by atoms with E-state index in [0.29, 0.717) is 22.5 Å². The number of hydrogen-bond acceptors (Lipinski definition) is 2. The van der Waals surface area contributed by atoms with Crippen molar-refractivity contribution in [3.05, 3.63) is 38.3 Å². The lowest BCUT2D eigenvalue weighted by molar-refractivity contribution is 0.427. The second-order valence-electron chi connectivity index (χ2n) is 4.71. The van der Waals surface area contributed by atoms with Crippen molar-refractivity contribution in [2.45, 2.75) is 25.2 Å². The maximum absolute atomic E-state index is 12.7. The lowest BCUT2D eigenvalue weighted by atomic mass is 10.2. The van der Waals surface area contributed by atoms with Gasteiger partial charge in [0.1, 0.15) is 0 Å². The molecule has 1 aliphatic rings. The van der Waals surface area contributed by atoms with Crippen LogP contribution in [0.2, 0.25) is 0 Å². The van der Waals surface area contributed by atoms with Crippen LogP contribution in [0.5, 0.6) is 0 Å². The van der Waals surface area contributed by atoms with Crippen molar-refractivity contribution in [1.82, 2.24) is 4.31 Å². The van der Waals surface area contributed by atoms with Crippen LogP contribution in [0.25, 0.3) is 0 Å². The highest BCUT2D eigenvalue weighted by Gasteiger charge is 2.28. The van der Waals surface area contributed by atoms with E-state index >= 15 is 0 Å². The van der Waals surface area contributed by atoms with Crippen LogP contribution in [0.4, 0.5) is 0 Å². The summed E-state index contributed by atoms with van der Waals surface area (Å²) in [7, 11) is -3.45. The van der Waals surface area contributed by atoms with Crippen molar-refractivity contribution in [1.29, 1.82) is 0 Å². The van der Waals surface area contributed by atoms with Gasteiger partial charge in [-0.05, 0) is 53.9 Å². The van der Waals surface area contributed by atoms with Crippen LogP contribution >= 0.6 is 31.9 Å². The minimum absolute atomic E-state index is 0.319. The molecule has 0 bridgehead atoms. The average molecular weight is 409 g/mol. The third-order valence-electron chi connectivity index (χ3n) is 3.13. The molecule has 3 nitrogen and oxygen atoms in total. The first kappa shape index (κ1) is 15.2. The van der Waals surface area contributed by atoms with Gasteiger partial charge in [-0.1, -0.05) is 27.6 Å². The van der Waals surface area contributed by atoms with E-state index in [-0.39, 0.29) is 0 Å². The third-order valence-corrected chi connectivity index (χ3v) is 6.79. The van der Waals surface area contributed by atoms with Crippen molar-refractivity contribution >= 4 is 41.9 Å². The summed E-state index contributed by atoms with van der Waals surface area (Å²) in [6.45, 7) is 4.90. The topological polar surface area (TPSA) is 37.4 Å². The zero-order valence-corrected chi connectivity index (χ0v) is 14.8. The molecule has 0 aromatic heterocycles. The molecule has 0 saturated carbocycles. The molecule has 1 aromatic rings. The van der Waals surface area contributed by atoms with Gasteiger partial charge in [-0.3, -0.25) is 0 Å². The summed E-state index contributed by atoms with van der Waals surface area (Å²) < 4.78 is 28.3. The normalized spacial score (nSPS) is 17.4. The molecule has 6 heteroatoms. The standard InChI is InChI=1S/C13H15Br2NO2S/c1-9-4-3-5-16(8-9)19(17,18)13-7-11(14)10(2)6-12(13)15/h4,6-7H,3,5,8H2,1-2H3. The molecule has 0 saturated heterocycles. The van der Waals surface area contributed by atoms with E-state index in [1.165, 1.54) is 4.31 Å². The molecule has 0 amide bonds. The molecule has 19 heavy (non-hydrogen) atoms. The van der Waals surface area contributed by atoms with Crippen LogP contribution in [-0.4, -0.2) is 25.8 Å². The van der Waals surface area contributed by atoms with Crippen LogP contribution in [0.15, 0.2) is 37.6 Å². The van der Waals surface area contributed by atoms with E-state index in [1.54, 1.807) is 6.07 Å². The Labute approximate surface area is 131 Å². The van der Waals surface area contributed by atoms with Gasteiger partial charge in [0.05, 0.1) is 4.90 Å². The predicted octanol–water partition coefficient (Wildman–Crippen LogP) is 3.86. The third kappa shape index (κ3) is 3.12. The Morgan fingerprint density at radius 2 is 1.84 bits per heavy atom. The van der Waals surface area contributed by atoms with Crippen LogP contribution < -0.4 is 0 Å². The Morgan fingerprint density at radius 1 is 1.16 bits per heavy atom. The molecule has 0 atom stereocenters. The highest BCUT2D eigenvalue weighted by atomic mass is 79.9. The van der Waals surface area contributed by atoms with Gasteiger partial charge in [0.15, 0.2) is 0 Å². The SMILES string of the molecule is CC1=CCCN(S(=O)(=O)c2cc(Br)c(C)cc2Br)C1. The van der Waals surface area contributed by atoms with E-state index < -0.39 is 10.0 Å². The van der Waals surface area contributed by atoms with Crippen LogP contribution in [0.1, 0.15) is 18.9 Å². The van der Waals surface area contributed by atoms with Gasteiger partial charge in [-0.2, -0.15) is 4.31 Å². The summed E-state index contributed by atoms with van der Waals surface area (Å²) in [5.41, 5.74) is 2.10. The summed E-state index contributed by atoms with van der Waals surface area (Å²) in [4.78, 5) is 0.319. The summed E-state index contributed by atoms with van der Waals surface area (Å²) in [6.07, 6.45) is 2.86. The number of sulfonamides is 1. The molecule has 0 aliphatic carbocycles. The number of rotatable bonds is 2. The smallest absolute Gasteiger partial charge is 0.207 e. The molecule has 0 spiro atoms. The number of hydrogen-bond donors (Lipinski definition) is 0. The Kier molecular flexibility index (Phi) is 4.55. The Balaban J connectivity index is 2.45. The molecular formula is C13H15Br2NO2S. The van der Waals surface area contributed by atoms with E-state index in [0.717, 1.165) is 22.0 Å². The van der Waals surface area contributed by atoms with E-state index in [1.807, 2.05) is 19.9 Å². The van der Waals surface area contributed by atoms with Gasteiger partial charge in [0.2, 0.25) is 10.0 Å². The van der Waals surface area contributed by atoms with E-state index in [4.69, 9.17) is 0 Å². The van der Waals surface area contributed by atoms with Gasteiger partial charge >= 0.3 is 0 Å². The first-order chi connectivity index (χ1) is 8.82. The van der Waals surface area contributed by atoms with Crippen molar-refractivity contribution in [2.24, 2.45) is 0 Å². The second kappa shape index (κ2) is 5.68. The van der Waals surface area contributed by atoms with Crippen LogP contribution in [0.3, 0.4) is 0 Å². The van der Waals surface area contributed by atoms with Crippen LogP contribution in [-0.2, 0) is 10.0 Å². The minimum Gasteiger partial charge on any atom is -0.207 e. The van der Waals surface area contributed by atoms with Crippen molar-refractivity contribution in [3.63, 3.8) is 0 Å². The fraction of sp³-hybridized carbons (Fsp3) is 0.385. The van der Waals surface area contributed by atoms with Gasteiger partial charge in [-0.15, -0.1) is 0 Å². The molecule has 0 fully saturated rings. The number of nitrogens with zero attached hydrogens (tertiary/aromatic N) is 1. The van der Waals surface area contributed by atoms with Gasteiger partial charge in [-0.25, -0.2) is 8.42 Å². The molecule has 2 rings (SSSR count). The fourth-order valence-electron chi connectivity index (χ4n) is 2.05. The van der Waals surface area contributed by atoms with Crippen LogP contribution in [0, 0.1) is 6.92 Å². The zero-order valence-electron chi connectivity index (χ0n) is 10.8. The highest BCUT2D eigenvalue weighted by molar-refractivity contribution is 9.11. The monoisotopic (exact) mass is 407 g/mol. The summed E-state index contributed by atoms with van der Waals surface area (Å²) in [5.74, 6) is 0. The summed E-state index contributed by atoms with van der Waals surface area (Å²) in [5, 5.41) is 0. The lowest BCUT2D eigenvalue weighted by Crippen LogP contribution is -2.35. The maximum Gasteiger partial charge on any atom is 0.244 e. The highest BCUT2D eigenvalue weighted by Crippen LogP contribution is 2.31. The van der Waals surface area contributed by atoms with Crippen molar-refractivity contribution in [3.8, 4) is 0 Å². The predicted molar refractivity (Wildman–Crippen MR) is 83.7 cm³/mol. The number of benzene rings is 1. The number of halogens is 2. The molecule has 1 aliphatic heterocycles. The molecule has 0 N–H and O–H groups in total. The largest absolute Gasteiger partial charge is 0.244 e. The molecule has 0 unspecified atom stereocenters. The molecular weight excluding hydrogens is 394 g/mol. The average Bonchev–Trinajstić information content (AvgIpc) is 2.33. The second-order valence-corrected chi connectivity index (χ2v) is 8.32. The maximum atomic E-state index is 12.7. The van der Waals surface area contributed by atoms with Gasteiger partial charge in [0.25, 0.3) is 0 Å². The van der Waals surface area contributed by atoms with Gasteiger partial charge < -0.3 is 0 Å². The Hall–Kier alpha value is -0.170. The molecule has 1 heterocycles.